The van der Waals surface area contributed by atoms with Gasteiger partial charge in [-0.2, -0.15) is 0 Å². The van der Waals surface area contributed by atoms with Gasteiger partial charge in [0.05, 0.1) is 25.2 Å². The molecule has 0 aromatic rings. The summed E-state index contributed by atoms with van der Waals surface area (Å²) in [5.74, 6) is -0.279. The highest BCUT2D eigenvalue weighted by Crippen LogP contribution is 2.17. The average molecular weight is 276 g/mol. The molecular formula is C14H28O5. The van der Waals surface area contributed by atoms with Crippen LogP contribution in [0.3, 0.4) is 0 Å². The average Bonchev–Trinajstić information content (AvgIpc) is 2.43. The van der Waals surface area contributed by atoms with Gasteiger partial charge in [0.15, 0.2) is 0 Å². The van der Waals surface area contributed by atoms with Gasteiger partial charge >= 0.3 is 5.97 Å². The Kier molecular flexibility index (Phi) is 10.8. The van der Waals surface area contributed by atoms with Crippen molar-refractivity contribution in [3.05, 3.63) is 0 Å². The number of aliphatic hydroxyl groups excluding tert-OH is 2. The molecule has 5 heteroatoms. The van der Waals surface area contributed by atoms with E-state index in [2.05, 4.69) is 6.92 Å². The molecule has 0 aromatic heterocycles. The topological polar surface area (TPSA) is 76.0 Å². The summed E-state index contributed by atoms with van der Waals surface area (Å²) in [6.07, 6.45) is 5.77. The summed E-state index contributed by atoms with van der Waals surface area (Å²) in [6.45, 7) is 1.74. The summed E-state index contributed by atoms with van der Waals surface area (Å²) in [6, 6.07) is 0. The van der Waals surface area contributed by atoms with Crippen LogP contribution in [0.5, 0.6) is 0 Å². The first kappa shape index (κ1) is 18.4. The Balaban J connectivity index is 3.85. The molecule has 0 amide bonds. The lowest BCUT2D eigenvalue weighted by molar-refractivity contribution is -0.152. The summed E-state index contributed by atoms with van der Waals surface area (Å²) in [4.78, 5) is 11.5. The van der Waals surface area contributed by atoms with Crippen LogP contribution in [0.15, 0.2) is 0 Å². The van der Waals surface area contributed by atoms with Gasteiger partial charge in [-0.3, -0.25) is 4.79 Å². The molecule has 0 aromatic carbocycles. The van der Waals surface area contributed by atoms with Crippen LogP contribution in [0.25, 0.3) is 0 Å². The standard InChI is InChI=1S/C14H28O5/c1-3-4-5-6-7-8-13(17)19-12-14(9-15,10-16)11-18-2/h15-16H,3-12H2,1-2H3. The van der Waals surface area contributed by atoms with E-state index >= 15 is 0 Å². The van der Waals surface area contributed by atoms with Crippen molar-refractivity contribution in [1.82, 2.24) is 0 Å². The van der Waals surface area contributed by atoms with Crippen LogP contribution in [-0.4, -0.2) is 49.7 Å². The molecule has 0 aliphatic heterocycles. The molecule has 114 valence electrons. The molecule has 0 bridgehead atoms. The molecule has 0 spiro atoms. The highest BCUT2D eigenvalue weighted by molar-refractivity contribution is 5.69. The molecule has 0 rings (SSSR count). The SMILES string of the molecule is CCCCCCCC(=O)OCC(CO)(CO)COC. The second kappa shape index (κ2) is 11.2. The first-order valence-electron chi connectivity index (χ1n) is 7.00. The summed E-state index contributed by atoms with van der Waals surface area (Å²) in [5, 5.41) is 18.5. The smallest absolute Gasteiger partial charge is 0.305 e. The number of ether oxygens (including phenoxy) is 2. The minimum atomic E-state index is -0.896. The molecule has 0 fully saturated rings. The van der Waals surface area contributed by atoms with Gasteiger partial charge in [0.1, 0.15) is 6.61 Å². The van der Waals surface area contributed by atoms with E-state index in [1.54, 1.807) is 0 Å². The normalized spacial score (nSPS) is 11.6. The molecule has 2 N–H and O–H groups in total. The molecule has 0 saturated heterocycles. The van der Waals surface area contributed by atoms with Gasteiger partial charge in [-0.15, -0.1) is 0 Å². The van der Waals surface area contributed by atoms with Gasteiger partial charge in [-0.05, 0) is 6.42 Å². The Hall–Kier alpha value is -0.650. The Morgan fingerprint density at radius 2 is 1.68 bits per heavy atom. The highest BCUT2D eigenvalue weighted by Gasteiger charge is 2.30. The van der Waals surface area contributed by atoms with Crippen molar-refractivity contribution in [1.29, 1.82) is 0 Å². The number of aliphatic hydroxyl groups is 2. The van der Waals surface area contributed by atoms with Crippen LogP contribution < -0.4 is 0 Å². The van der Waals surface area contributed by atoms with Crippen LogP contribution in [0.4, 0.5) is 0 Å². The molecule has 0 unspecified atom stereocenters. The van der Waals surface area contributed by atoms with E-state index in [4.69, 9.17) is 9.47 Å². The predicted molar refractivity (Wildman–Crippen MR) is 72.8 cm³/mol. The van der Waals surface area contributed by atoms with Crippen molar-refractivity contribution in [3.8, 4) is 0 Å². The molecule has 0 atom stereocenters. The van der Waals surface area contributed by atoms with Crippen molar-refractivity contribution in [2.45, 2.75) is 45.4 Å². The molecular weight excluding hydrogens is 248 g/mol. The van der Waals surface area contributed by atoms with Gasteiger partial charge in [0.25, 0.3) is 0 Å². The fourth-order valence-corrected chi connectivity index (χ4v) is 1.76. The van der Waals surface area contributed by atoms with Crippen LogP contribution in [0, 0.1) is 5.41 Å². The molecule has 5 nitrogen and oxygen atoms in total. The van der Waals surface area contributed by atoms with E-state index in [1.165, 1.54) is 20.0 Å². The van der Waals surface area contributed by atoms with E-state index in [1.807, 2.05) is 0 Å². The molecule has 19 heavy (non-hydrogen) atoms. The fraction of sp³-hybridized carbons (Fsp3) is 0.929. The van der Waals surface area contributed by atoms with Gasteiger partial charge in [0.2, 0.25) is 0 Å². The van der Waals surface area contributed by atoms with Gasteiger partial charge in [0, 0.05) is 13.5 Å². The number of hydrogen-bond acceptors (Lipinski definition) is 5. The third kappa shape index (κ3) is 8.18. The quantitative estimate of drug-likeness (QED) is 0.417. The minimum absolute atomic E-state index is 0.0123. The third-order valence-electron chi connectivity index (χ3n) is 3.15. The maximum atomic E-state index is 11.5. The lowest BCUT2D eigenvalue weighted by atomic mass is 9.92. The summed E-state index contributed by atoms with van der Waals surface area (Å²) < 4.78 is 10.0. The Morgan fingerprint density at radius 3 is 2.21 bits per heavy atom. The van der Waals surface area contributed by atoms with Crippen molar-refractivity contribution in [2.75, 3.05) is 33.5 Å². The second-order valence-corrected chi connectivity index (χ2v) is 5.07. The number of rotatable bonds is 12. The maximum Gasteiger partial charge on any atom is 0.305 e. The largest absolute Gasteiger partial charge is 0.465 e. The summed E-state index contributed by atoms with van der Waals surface area (Å²) in [7, 11) is 1.48. The van der Waals surface area contributed by atoms with Crippen LogP contribution in [-0.2, 0) is 14.3 Å². The lowest BCUT2D eigenvalue weighted by Crippen LogP contribution is -2.40. The number of carbonyl (C=O) groups excluding carboxylic acids is 1. The number of esters is 1. The second-order valence-electron chi connectivity index (χ2n) is 5.07. The first-order chi connectivity index (χ1) is 9.14. The van der Waals surface area contributed by atoms with Gasteiger partial charge in [-0.1, -0.05) is 32.6 Å². The summed E-state index contributed by atoms with van der Waals surface area (Å²) in [5.41, 5.74) is -0.896. The van der Waals surface area contributed by atoms with E-state index in [0.717, 1.165) is 19.3 Å². The number of unbranched alkanes of at least 4 members (excludes halogenated alkanes) is 4. The van der Waals surface area contributed by atoms with Crippen LogP contribution in [0.2, 0.25) is 0 Å². The Labute approximate surface area is 115 Å². The monoisotopic (exact) mass is 276 g/mol. The zero-order chi connectivity index (χ0) is 14.6. The Morgan fingerprint density at radius 1 is 1.05 bits per heavy atom. The highest BCUT2D eigenvalue weighted by atomic mass is 16.5. The van der Waals surface area contributed by atoms with Crippen LogP contribution >= 0.6 is 0 Å². The number of methoxy groups -OCH3 is 1. The first-order valence-corrected chi connectivity index (χ1v) is 7.00. The molecule has 0 radical (unpaired) electrons. The Bertz CT molecular complexity index is 226. The molecule has 0 heterocycles. The zero-order valence-corrected chi connectivity index (χ0v) is 12.2. The van der Waals surface area contributed by atoms with Gasteiger partial charge in [-0.25, -0.2) is 0 Å². The minimum Gasteiger partial charge on any atom is -0.465 e. The van der Waals surface area contributed by atoms with Crippen molar-refractivity contribution in [3.63, 3.8) is 0 Å². The lowest BCUT2D eigenvalue weighted by Gasteiger charge is -2.28. The van der Waals surface area contributed by atoms with E-state index < -0.39 is 5.41 Å². The van der Waals surface area contributed by atoms with Crippen molar-refractivity contribution < 1.29 is 24.5 Å². The number of hydrogen-bond donors (Lipinski definition) is 2. The zero-order valence-electron chi connectivity index (χ0n) is 12.2. The predicted octanol–water partition coefficient (Wildman–Crippen LogP) is 1.51. The third-order valence-corrected chi connectivity index (χ3v) is 3.15. The van der Waals surface area contributed by atoms with E-state index in [9.17, 15) is 15.0 Å². The maximum absolute atomic E-state index is 11.5. The van der Waals surface area contributed by atoms with E-state index in [-0.39, 0.29) is 32.4 Å². The molecule has 0 aliphatic rings. The van der Waals surface area contributed by atoms with Crippen LogP contribution in [0.1, 0.15) is 45.4 Å². The van der Waals surface area contributed by atoms with E-state index in [0.29, 0.717) is 6.42 Å². The fourth-order valence-electron chi connectivity index (χ4n) is 1.76. The number of carbonyl (C=O) groups is 1. The van der Waals surface area contributed by atoms with Crippen molar-refractivity contribution in [2.24, 2.45) is 5.41 Å². The van der Waals surface area contributed by atoms with Crippen molar-refractivity contribution >= 4 is 5.97 Å². The summed E-state index contributed by atoms with van der Waals surface area (Å²) >= 11 is 0. The molecule has 0 saturated carbocycles. The van der Waals surface area contributed by atoms with Gasteiger partial charge < -0.3 is 19.7 Å². The molecule has 0 aliphatic carbocycles.